The summed E-state index contributed by atoms with van der Waals surface area (Å²) >= 11 is 0. The van der Waals surface area contributed by atoms with E-state index in [0.29, 0.717) is 13.1 Å². The normalized spacial score (nSPS) is 19.3. The smallest absolute Gasteiger partial charge is 0.317 e. The third kappa shape index (κ3) is 4.37. The van der Waals surface area contributed by atoms with Crippen LogP contribution in [0.1, 0.15) is 38.8 Å². The maximum absolute atomic E-state index is 12.2. The summed E-state index contributed by atoms with van der Waals surface area (Å²) in [4.78, 5) is 14.0. The van der Waals surface area contributed by atoms with Gasteiger partial charge in [-0.2, -0.15) is 0 Å². The quantitative estimate of drug-likeness (QED) is 0.879. The van der Waals surface area contributed by atoms with Crippen LogP contribution in [-0.2, 0) is 0 Å². The Hall–Kier alpha value is -1.75. The molecule has 1 fully saturated rings. The Morgan fingerprint density at radius 3 is 2.59 bits per heavy atom. The molecule has 1 aromatic carbocycles. The first-order chi connectivity index (χ1) is 10.5. The van der Waals surface area contributed by atoms with E-state index in [-0.39, 0.29) is 30.7 Å². The van der Waals surface area contributed by atoms with Gasteiger partial charge in [-0.05, 0) is 44.9 Å². The number of amides is 2. The molecule has 0 bridgehead atoms. The van der Waals surface area contributed by atoms with E-state index in [1.54, 1.807) is 4.90 Å². The Morgan fingerprint density at radius 1 is 1.36 bits per heavy atom. The number of aliphatic hydroxyl groups is 1. The highest BCUT2D eigenvalue weighted by atomic mass is 16.5. The van der Waals surface area contributed by atoms with Crippen LogP contribution in [0, 0.1) is 5.92 Å². The van der Waals surface area contributed by atoms with Crippen molar-refractivity contribution in [1.29, 1.82) is 0 Å². The van der Waals surface area contributed by atoms with Gasteiger partial charge < -0.3 is 20.1 Å². The second-order valence-corrected chi connectivity index (χ2v) is 6.19. The van der Waals surface area contributed by atoms with Crippen LogP contribution in [0.15, 0.2) is 24.3 Å². The lowest BCUT2D eigenvalue weighted by atomic mass is 10.1. The zero-order chi connectivity index (χ0) is 16.1. The van der Waals surface area contributed by atoms with E-state index >= 15 is 0 Å². The fraction of sp³-hybridized carbons (Fsp3) is 0.588. The molecule has 0 saturated carbocycles. The van der Waals surface area contributed by atoms with Gasteiger partial charge in [-0.1, -0.05) is 12.1 Å². The number of benzene rings is 1. The molecular formula is C17H26N2O3. The molecule has 2 atom stereocenters. The van der Waals surface area contributed by atoms with Gasteiger partial charge in [-0.3, -0.25) is 0 Å². The molecule has 2 rings (SSSR count). The van der Waals surface area contributed by atoms with Crippen molar-refractivity contribution in [2.75, 3.05) is 19.7 Å². The minimum absolute atomic E-state index is 0.0613. The fourth-order valence-electron chi connectivity index (χ4n) is 2.63. The van der Waals surface area contributed by atoms with Crippen LogP contribution in [0.2, 0.25) is 0 Å². The summed E-state index contributed by atoms with van der Waals surface area (Å²) in [5, 5.41) is 12.2. The lowest BCUT2D eigenvalue weighted by Gasteiger charge is -2.21. The van der Waals surface area contributed by atoms with E-state index in [0.717, 1.165) is 17.7 Å². The molecule has 2 amide bonds. The Bertz CT molecular complexity index is 487. The first-order valence-electron chi connectivity index (χ1n) is 7.92. The van der Waals surface area contributed by atoms with Crippen LogP contribution in [0.25, 0.3) is 0 Å². The van der Waals surface area contributed by atoms with E-state index < -0.39 is 0 Å². The van der Waals surface area contributed by atoms with E-state index in [4.69, 9.17) is 9.84 Å². The third-order valence-corrected chi connectivity index (χ3v) is 3.92. The molecule has 2 unspecified atom stereocenters. The molecule has 0 spiro atoms. The van der Waals surface area contributed by atoms with E-state index in [9.17, 15) is 4.79 Å². The van der Waals surface area contributed by atoms with Crippen molar-refractivity contribution in [2.45, 2.75) is 39.3 Å². The van der Waals surface area contributed by atoms with Crippen molar-refractivity contribution >= 4 is 6.03 Å². The summed E-state index contributed by atoms with van der Waals surface area (Å²) in [5.74, 6) is 1.05. The molecule has 5 heteroatoms. The maximum atomic E-state index is 12.2. The monoisotopic (exact) mass is 306 g/mol. The van der Waals surface area contributed by atoms with Crippen LogP contribution in [0.5, 0.6) is 5.75 Å². The van der Waals surface area contributed by atoms with Crippen LogP contribution >= 0.6 is 0 Å². The number of hydrogen-bond acceptors (Lipinski definition) is 3. The number of aliphatic hydroxyl groups excluding tert-OH is 1. The standard InChI is InChI=1S/C17H26N2O3/c1-12(2)22-16-6-4-15(5-7-16)13(3)18-17(21)19-9-8-14(10-19)11-20/h4-7,12-14,20H,8-11H2,1-3H3,(H,18,21). The molecule has 2 N–H and O–H groups in total. The zero-order valence-electron chi connectivity index (χ0n) is 13.6. The van der Waals surface area contributed by atoms with Crippen molar-refractivity contribution in [3.8, 4) is 5.75 Å². The number of hydrogen-bond donors (Lipinski definition) is 2. The van der Waals surface area contributed by atoms with Gasteiger partial charge in [-0.15, -0.1) is 0 Å². The van der Waals surface area contributed by atoms with Crippen LogP contribution in [0.4, 0.5) is 4.79 Å². The van der Waals surface area contributed by atoms with Gasteiger partial charge in [0.25, 0.3) is 0 Å². The SMILES string of the molecule is CC(C)Oc1ccc(C(C)NC(=O)N2CCC(CO)C2)cc1. The van der Waals surface area contributed by atoms with Gasteiger partial charge in [-0.25, -0.2) is 4.79 Å². The van der Waals surface area contributed by atoms with Crippen molar-refractivity contribution in [2.24, 2.45) is 5.92 Å². The van der Waals surface area contributed by atoms with Crippen molar-refractivity contribution in [1.82, 2.24) is 10.2 Å². The predicted molar refractivity (Wildman–Crippen MR) is 85.9 cm³/mol. The summed E-state index contributed by atoms with van der Waals surface area (Å²) in [6, 6.07) is 7.68. The number of likely N-dealkylation sites (tertiary alicyclic amines) is 1. The van der Waals surface area contributed by atoms with Gasteiger partial charge in [0.2, 0.25) is 0 Å². The average molecular weight is 306 g/mol. The second-order valence-electron chi connectivity index (χ2n) is 6.19. The number of nitrogens with zero attached hydrogens (tertiary/aromatic N) is 1. The highest BCUT2D eigenvalue weighted by molar-refractivity contribution is 5.75. The Morgan fingerprint density at radius 2 is 2.05 bits per heavy atom. The van der Waals surface area contributed by atoms with E-state index in [2.05, 4.69) is 5.32 Å². The number of rotatable bonds is 5. The lowest BCUT2D eigenvalue weighted by molar-refractivity contribution is 0.195. The van der Waals surface area contributed by atoms with Gasteiger partial charge in [0.15, 0.2) is 0 Å². The van der Waals surface area contributed by atoms with Gasteiger partial charge >= 0.3 is 6.03 Å². The van der Waals surface area contributed by atoms with Crippen molar-refractivity contribution in [3.05, 3.63) is 29.8 Å². The molecule has 1 aromatic rings. The van der Waals surface area contributed by atoms with Crippen molar-refractivity contribution in [3.63, 3.8) is 0 Å². The minimum Gasteiger partial charge on any atom is -0.491 e. The van der Waals surface area contributed by atoms with E-state index in [1.807, 2.05) is 45.0 Å². The molecule has 0 aliphatic carbocycles. The van der Waals surface area contributed by atoms with Gasteiger partial charge in [0.1, 0.15) is 5.75 Å². The Kier molecular flexibility index (Phi) is 5.66. The zero-order valence-corrected chi connectivity index (χ0v) is 13.6. The number of carbonyl (C=O) groups excluding carboxylic acids is 1. The third-order valence-electron chi connectivity index (χ3n) is 3.92. The summed E-state index contributed by atoms with van der Waals surface area (Å²) in [7, 11) is 0. The molecule has 1 aliphatic heterocycles. The topological polar surface area (TPSA) is 61.8 Å². The van der Waals surface area contributed by atoms with Gasteiger partial charge in [0, 0.05) is 25.6 Å². The van der Waals surface area contributed by atoms with Crippen molar-refractivity contribution < 1.29 is 14.6 Å². The van der Waals surface area contributed by atoms with Gasteiger partial charge in [0.05, 0.1) is 12.1 Å². The summed E-state index contributed by atoms with van der Waals surface area (Å²) in [5.41, 5.74) is 1.04. The summed E-state index contributed by atoms with van der Waals surface area (Å²) in [6.07, 6.45) is 1.03. The molecule has 122 valence electrons. The highest BCUT2D eigenvalue weighted by Crippen LogP contribution is 2.20. The molecule has 1 saturated heterocycles. The minimum atomic E-state index is -0.0639. The Labute approximate surface area is 132 Å². The molecule has 0 radical (unpaired) electrons. The summed E-state index contributed by atoms with van der Waals surface area (Å²) in [6.45, 7) is 7.45. The first-order valence-corrected chi connectivity index (χ1v) is 7.92. The number of nitrogens with one attached hydrogen (secondary N) is 1. The van der Waals surface area contributed by atoms with E-state index in [1.165, 1.54) is 0 Å². The maximum Gasteiger partial charge on any atom is 0.317 e. The summed E-state index contributed by atoms with van der Waals surface area (Å²) < 4.78 is 5.62. The molecule has 5 nitrogen and oxygen atoms in total. The number of urea groups is 1. The predicted octanol–water partition coefficient (Wildman–Crippen LogP) is 2.56. The largest absolute Gasteiger partial charge is 0.491 e. The average Bonchev–Trinajstić information content (AvgIpc) is 2.96. The number of carbonyl (C=O) groups is 1. The molecule has 0 aromatic heterocycles. The molecule has 1 aliphatic rings. The number of ether oxygens (including phenoxy) is 1. The van der Waals surface area contributed by atoms with Crippen LogP contribution in [-0.4, -0.2) is 41.8 Å². The first kappa shape index (κ1) is 16.6. The lowest BCUT2D eigenvalue weighted by Crippen LogP contribution is -2.39. The van der Waals surface area contributed by atoms with Crippen LogP contribution < -0.4 is 10.1 Å². The van der Waals surface area contributed by atoms with Crippen LogP contribution in [0.3, 0.4) is 0 Å². The molecule has 1 heterocycles. The molecular weight excluding hydrogens is 280 g/mol. The Balaban J connectivity index is 1.88. The highest BCUT2D eigenvalue weighted by Gasteiger charge is 2.26. The fourth-order valence-corrected chi connectivity index (χ4v) is 2.63. The second kappa shape index (κ2) is 7.49. The molecule has 22 heavy (non-hydrogen) atoms.